The van der Waals surface area contributed by atoms with Gasteiger partial charge >= 0.3 is 0 Å². The van der Waals surface area contributed by atoms with Gasteiger partial charge in [-0.1, -0.05) is 54.6 Å². The van der Waals surface area contributed by atoms with Gasteiger partial charge in [-0.15, -0.1) is 0 Å². The van der Waals surface area contributed by atoms with Gasteiger partial charge in [0.25, 0.3) is 11.8 Å². The molecule has 0 bridgehead atoms. The van der Waals surface area contributed by atoms with Crippen LogP contribution in [0.5, 0.6) is 0 Å². The summed E-state index contributed by atoms with van der Waals surface area (Å²) in [5, 5.41) is 3.95. The molecule has 0 fully saturated rings. The van der Waals surface area contributed by atoms with Crippen molar-refractivity contribution in [1.82, 2.24) is 9.88 Å². The molecule has 5 rings (SSSR count). The van der Waals surface area contributed by atoms with Crippen LogP contribution in [-0.2, 0) is 17.8 Å². The van der Waals surface area contributed by atoms with Crippen molar-refractivity contribution in [3.05, 3.63) is 107 Å². The van der Waals surface area contributed by atoms with Crippen molar-refractivity contribution in [2.24, 2.45) is 0 Å². The summed E-state index contributed by atoms with van der Waals surface area (Å²) in [6.07, 6.45) is 4.64. The van der Waals surface area contributed by atoms with Crippen molar-refractivity contribution < 1.29 is 9.59 Å². The molecule has 2 amide bonds. The van der Waals surface area contributed by atoms with Crippen LogP contribution in [0.1, 0.15) is 28.4 Å². The highest BCUT2D eigenvalue weighted by atomic mass is 16.2. The molecular formula is C28H25N3O2. The molecule has 3 aromatic carbocycles. The predicted molar refractivity (Wildman–Crippen MR) is 132 cm³/mol. The minimum atomic E-state index is -0.304. The number of aryl methyl sites for hydroxylation is 1. The van der Waals surface area contributed by atoms with Crippen molar-refractivity contribution in [2.45, 2.75) is 19.9 Å². The van der Waals surface area contributed by atoms with E-state index in [0.29, 0.717) is 12.1 Å². The Morgan fingerprint density at radius 3 is 2.48 bits per heavy atom. The van der Waals surface area contributed by atoms with Gasteiger partial charge in [-0.3, -0.25) is 9.59 Å². The number of nitrogens with zero attached hydrogens (tertiary/aromatic N) is 2. The Hall–Kier alpha value is -4.12. The maximum atomic E-state index is 13.7. The number of benzene rings is 3. The van der Waals surface area contributed by atoms with Crippen LogP contribution in [0.2, 0.25) is 0 Å². The highest BCUT2D eigenvalue weighted by molar-refractivity contribution is 6.13. The van der Waals surface area contributed by atoms with E-state index in [1.807, 2.05) is 66.9 Å². The second kappa shape index (κ2) is 8.79. The monoisotopic (exact) mass is 435 g/mol. The van der Waals surface area contributed by atoms with Crippen LogP contribution in [0.15, 0.2) is 90.8 Å². The van der Waals surface area contributed by atoms with E-state index in [1.54, 1.807) is 23.1 Å². The van der Waals surface area contributed by atoms with E-state index >= 15 is 0 Å². The zero-order valence-electron chi connectivity index (χ0n) is 18.5. The Kier molecular flexibility index (Phi) is 5.53. The van der Waals surface area contributed by atoms with E-state index in [2.05, 4.69) is 22.9 Å². The average molecular weight is 436 g/mol. The predicted octanol–water partition coefficient (Wildman–Crippen LogP) is 5.02. The number of rotatable bonds is 5. The van der Waals surface area contributed by atoms with Crippen molar-refractivity contribution in [1.29, 1.82) is 0 Å². The molecule has 164 valence electrons. The van der Waals surface area contributed by atoms with Crippen LogP contribution in [0.3, 0.4) is 0 Å². The first-order valence-corrected chi connectivity index (χ1v) is 11.2. The van der Waals surface area contributed by atoms with Crippen LogP contribution in [0.4, 0.5) is 5.69 Å². The van der Waals surface area contributed by atoms with Crippen molar-refractivity contribution in [2.75, 3.05) is 11.4 Å². The molecule has 1 aliphatic heterocycles. The summed E-state index contributed by atoms with van der Waals surface area (Å²) in [6.45, 7) is 3.49. The highest BCUT2D eigenvalue weighted by Gasteiger charge is 2.28. The molecule has 0 saturated carbocycles. The van der Waals surface area contributed by atoms with Crippen molar-refractivity contribution in [3.8, 4) is 0 Å². The van der Waals surface area contributed by atoms with E-state index < -0.39 is 0 Å². The lowest BCUT2D eigenvalue weighted by molar-refractivity contribution is -0.115. The maximum Gasteiger partial charge on any atom is 0.274 e. The Morgan fingerprint density at radius 1 is 0.939 bits per heavy atom. The summed E-state index contributed by atoms with van der Waals surface area (Å²) in [4.78, 5) is 28.5. The van der Waals surface area contributed by atoms with Gasteiger partial charge in [0.1, 0.15) is 5.70 Å². The summed E-state index contributed by atoms with van der Waals surface area (Å²) >= 11 is 0. The van der Waals surface area contributed by atoms with Crippen molar-refractivity contribution >= 4 is 34.5 Å². The Bertz CT molecular complexity index is 1370. The van der Waals surface area contributed by atoms with Gasteiger partial charge < -0.3 is 14.8 Å². The topological polar surface area (TPSA) is 54.3 Å². The fourth-order valence-corrected chi connectivity index (χ4v) is 4.44. The number of carbonyl (C=O) groups is 2. The van der Waals surface area contributed by atoms with Crippen LogP contribution in [0, 0.1) is 0 Å². The molecule has 1 aromatic heterocycles. The van der Waals surface area contributed by atoms with Crippen LogP contribution in [-0.4, -0.2) is 22.9 Å². The molecule has 0 spiro atoms. The Morgan fingerprint density at radius 2 is 1.67 bits per heavy atom. The fraction of sp³-hybridized carbons (Fsp3) is 0.143. The minimum Gasteiger partial charge on any atom is -0.347 e. The lowest BCUT2D eigenvalue weighted by atomic mass is 10.1. The van der Waals surface area contributed by atoms with E-state index in [4.69, 9.17) is 0 Å². The Balaban J connectivity index is 1.58. The SMILES string of the molecule is CCn1cc(/C=C(\NC(=O)c2ccccc2)C(=O)N2CCc3ccccc32)c2ccccc21. The maximum absolute atomic E-state index is 13.7. The summed E-state index contributed by atoms with van der Waals surface area (Å²) in [7, 11) is 0. The van der Waals surface area contributed by atoms with Gasteiger partial charge in [0.2, 0.25) is 0 Å². The molecule has 4 aromatic rings. The number of hydrogen-bond acceptors (Lipinski definition) is 2. The third kappa shape index (κ3) is 3.94. The summed E-state index contributed by atoms with van der Waals surface area (Å²) in [5.74, 6) is -0.514. The largest absolute Gasteiger partial charge is 0.347 e. The summed E-state index contributed by atoms with van der Waals surface area (Å²) in [5.41, 5.74) is 4.81. The first kappa shape index (κ1) is 20.8. The number of para-hydroxylation sites is 2. The second-order valence-electron chi connectivity index (χ2n) is 8.10. The lowest BCUT2D eigenvalue weighted by Crippen LogP contribution is -2.37. The van der Waals surface area contributed by atoms with E-state index in [9.17, 15) is 9.59 Å². The third-order valence-electron chi connectivity index (χ3n) is 6.11. The number of hydrogen-bond donors (Lipinski definition) is 1. The minimum absolute atomic E-state index is 0.211. The van der Waals surface area contributed by atoms with Gasteiger partial charge in [-0.25, -0.2) is 0 Å². The highest BCUT2D eigenvalue weighted by Crippen LogP contribution is 2.29. The zero-order chi connectivity index (χ0) is 22.8. The third-order valence-corrected chi connectivity index (χ3v) is 6.11. The molecule has 0 atom stereocenters. The first-order chi connectivity index (χ1) is 16.2. The van der Waals surface area contributed by atoms with Crippen LogP contribution >= 0.6 is 0 Å². The smallest absolute Gasteiger partial charge is 0.274 e. The van der Waals surface area contributed by atoms with E-state index in [1.165, 1.54) is 0 Å². The molecule has 0 aliphatic carbocycles. The average Bonchev–Trinajstić information content (AvgIpc) is 3.45. The molecule has 5 heteroatoms. The van der Waals surface area contributed by atoms with Gasteiger partial charge in [0, 0.05) is 47.0 Å². The second-order valence-corrected chi connectivity index (χ2v) is 8.10. The zero-order valence-corrected chi connectivity index (χ0v) is 18.5. The van der Waals surface area contributed by atoms with Crippen LogP contribution in [0.25, 0.3) is 17.0 Å². The van der Waals surface area contributed by atoms with Gasteiger partial charge in [-0.2, -0.15) is 0 Å². The molecule has 0 radical (unpaired) electrons. The van der Waals surface area contributed by atoms with Crippen LogP contribution < -0.4 is 10.2 Å². The van der Waals surface area contributed by atoms with Gasteiger partial charge in [0.05, 0.1) is 0 Å². The van der Waals surface area contributed by atoms with Gasteiger partial charge in [-0.05, 0) is 49.2 Å². The molecule has 5 nitrogen and oxygen atoms in total. The standard InChI is InChI=1S/C28H25N3O2/c1-2-30-19-22(23-13-7-9-15-26(23)30)18-24(29-27(32)21-11-4-3-5-12-21)28(33)31-17-16-20-10-6-8-14-25(20)31/h3-15,18-19H,2,16-17H2,1H3,(H,29,32)/b24-18-. The van der Waals surface area contributed by atoms with E-state index in [-0.39, 0.29) is 17.5 Å². The van der Waals surface area contributed by atoms with Gasteiger partial charge in [0.15, 0.2) is 0 Å². The quantitative estimate of drug-likeness (QED) is 0.448. The van der Waals surface area contributed by atoms with Crippen molar-refractivity contribution in [3.63, 3.8) is 0 Å². The molecule has 1 aliphatic rings. The van der Waals surface area contributed by atoms with E-state index in [0.717, 1.165) is 40.7 Å². The number of nitrogens with one attached hydrogen (secondary N) is 1. The number of anilines is 1. The first-order valence-electron chi connectivity index (χ1n) is 11.2. The molecule has 0 unspecified atom stereocenters. The summed E-state index contributed by atoms with van der Waals surface area (Å²) < 4.78 is 2.15. The normalized spacial score (nSPS) is 13.2. The fourth-order valence-electron chi connectivity index (χ4n) is 4.44. The molecule has 2 heterocycles. The lowest BCUT2D eigenvalue weighted by Gasteiger charge is -2.20. The molecule has 0 saturated heterocycles. The number of carbonyl (C=O) groups excluding carboxylic acids is 2. The molecular weight excluding hydrogens is 410 g/mol. The Labute approximate surface area is 193 Å². The number of amides is 2. The molecule has 33 heavy (non-hydrogen) atoms. The molecule has 1 N–H and O–H groups in total. The number of fused-ring (bicyclic) bond motifs is 2. The number of aromatic nitrogens is 1. The summed E-state index contributed by atoms with van der Waals surface area (Å²) in [6, 6.07) is 25.0.